The minimum absolute atomic E-state index is 0.199. The van der Waals surface area contributed by atoms with Gasteiger partial charge in [-0.2, -0.15) is 0 Å². The van der Waals surface area contributed by atoms with Crippen LogP contribution in [0, 0.1) is 0 Å². The first-order valence-corrected chi connectivity index (χ1v) is 7.53. The number of benzene rings is 1. The molecule has 0 aliphatic carbocycles. The topological polar surface area (TPSA) is 69.7 Å². The van der Waals surface area contributed by atoms with Gasteiger partial charge in [0.05, 0.1) is 17.4 Å². The van der Waals surface area contributed by atoms with E-state index in [4.69, 9.17) is 17.0 Å². The summed E-state index contributed by atoms with van der Waals surface area (Å²) in [5.74, 6) is -1.20. The predicted molar refractivity (Wildman–Crippen MR) is 87.0 cm³/mol. The molecule has 0 spiro atoms. The fourth-order valence-corrected chi connectivity index (χ4v) is 3.03. The van der Waals surface area contributed by atoms with E-state index in [2.05, 4.69) is 6.58 Å². The highest BCUT2D eigenvalue weighted by Crippen LogP contribution is 2.33. The molecule has 1 amide bonds. The zero-order valence-electron chi connectivity index (χ0n) is 11.5. The molecule has 7 heteroatoms. The number of thiocarbonyl (C=S) groups is 1. The maximum absolute atomic E-state index is 12.2. The summed E-state index contributed by atoms with van der Waals surface area (Å²) in [5, 5.41) is 10.7. The van der Waals surface area contributed by atoms with Crippen LogP contribution in [0.3, 0.4) is 0 Å². The Morgan fingerprint density at radius 2 is 2.18 bits per heavy atom. The number of hydrogen-bond donors (Lipinski definition) is 0. The van der Waals surface area contributed by atoms with Crippen molar-refractivity contribution in [3.63, 3.8) is 0 Å². The Balaban J connectivity index is 2.27. The number of rotatable bonds is 6. The second-order valence-electron chi connectivity index (χ2n) is 4.28. The van der Waals surface area contributed by atoms with Crippen LogP contribution in [0.4, 0.5) is 0 Å². The van der Waals surface area contributed by atoms with Crippen LogP contribution in [0.15, 0.2) is 41.8 Å². The number of amides is 1. The first kappa shape index (κ1) is 16.3. The van der Waals surface area contributed by atoms with Crippen molar-refractivity contribution in [3.8, 4) is 5.75 Å². The van der Waals surface area contributed by atoms with E-state index in [0.29, 0.717) is 22.8 Å². The lowest BCUT2D eigenvalue weighted by Gasteiger charge is -2.14. The second-order valence-corrected chi connectivity index (χ2v) is 5.95. The van der Waals surface area contributed by atoms with Crippen molar-refractivity contribution in [1.29, 1.82) is 0 Å². The van der Waals surface area contributed by atoms with Gasteiger partial charge in [0, 0.05) is 5.56 Å². The van der Waals surface area contributed by atoms with Crippen molar-refractivity contribution < 1.29 is 19.4 Å². The van der Waals surface area contributed by atoms with Crippen LogP contribution in [-0.4, -0.2) is 34.2 Å². The Morgan fingerprint density at radius 1 is 1.45 bits per heavy atom. The van der Waals surface area contributed by atoms with E-state index in [9.17, 15) is 14.7 Å². The lowest BCUT2D eigenvalue weighted by atomic mass is 10.2. The Bertz CT molecular complexity index is 669. The third-order valence-electron chi connectivity index (χ3n) is 2.72. The highest BCUT2D eigenvalue weighted by Gasteiger charge is 2.32. The van der Waals surface area contributed by atoms with Crippen LogP contribution >= 0.6 is 24.0 Å². The van der Waals surface area contributed by atoms with Crippen LogP contribution in [0.25, 0.3) is 6.08 Å². The van der Waals surface area contributed by atoms with E-state index < -0.39 is 18.4 Å². The van der Waals surface area contributed by atoms with Gasteiger partial charge < -0.3 is 14.6 Å². The molecule has 1 aromatic carbocycles. The summed E-state index contributed by atoms with van der Waals surface area (Å²) < 4.78 is 5.72. The molecule has 0 bridgehead atoms. The van der Waals surface area contributed by atoms with E-state index in [1.807, 2.05) is 12.1 Å². The quantitative estimate of drug-likeness (QED) is 0.442. The smallest absolute Gasteiger partial charge is 0.266 e. The number of ether oxygens (including phenoxy) is 1. The molecular weight excluding hydrogens is 322 g/mol. The summed E-state index contributed by atoms with van der Waals surface area (Å²) in [7, 11) is 0. The molecule has 0 N–H and O–H groups in total. The number of hydrogen-bond acceptors (Lipinski definition) is 6. The normalized spacial score (nSPS) is 16.2. The molecule has 1 saturated heterocycles. The van der Waals surface area contributed by atoms with Crippen molar-refractivity contribution in [3.05, 3.63) is 47.4 Å². The number of para-hydroxylation sites is 1. The highest BCUT2D eigenvalue weighted by molar-refractivity contribution is 8.26. The number of thioether (sulfide) groups is 1. The van der Waals surface area contributed by atoms with Crippen LogP contribution in [0.2, 0.25) is 0 Å². The molecule has 0 unspecified atom stereocenters. The van der Waals surface area contributed by atoms with Gasteiger partial charge in [-0.1, -0.05) is 54.8 Å². The molecule has 5 nitrogen and oxygen atoms in total. The lowest BCUT2D eigenvalue weighted by molar-refractivity contribution is -0.305. The molecule has 1 aliphatic rings. The molecule has 1 fully saturated rings. The Hall–Kier alpha value is -2.12. The molecule has 1 heterocycles. The van der Waals surface area contributed by atoms with Gasteiger partial charge >= 0.3 is 0 Å². The van der Waals surface area contributed by atoms with Crippen LogP contribution in [0.5, 0.6) is 5.75 Å². The fraction of sp³-hybridized carbons (Fsp3) is 0.133. The SMILES string of the molecule is C=CCOc1ccccc1/C=C1/SC(=S)N(CC(=O)[O-])C1=O. The highest BCUT2D eigenvalue weighted by atomic mass is 32.2. The van der Waals surface area contributed by atoms with Gasteiger partial charge in [0.2, 0.25) is 0 Å². The molecule has 1 aliphatic heterocycles. The third-order valence-corrected chi connectivity index (χ3v) is 4.10. The van der Waals surface area contributed by atoms with Gasteiger partial charge in [0.25, 0.3) is 5.91 Å². The minimum Gasteiger partial charge on any atom is -0.548 e. The zero-order valence-corrected chi connectivity index (χ0v) is 13.1. The average Bonchev–Trinajstić information content (AvgIpc) is 2.73. The number of carbonyl (C=O) groups is 2. The maximum Gasteiger partial charge on any atom is 0.266 e. The van der Waals surface area contributed by atoms with Crippen molar-refractivity contribution in [2.75, 3.05) is 13.2 Å². The van der Waals surface area contributed by atoms with Gasteiger partial charge in [-0.25, -0.2) is 0 Å². The number of carboxylic acid groups (broad SMARTS) is 1. The van der Waals surface area contributed by atoms with E-state index in [-0.39, 0.29) is 4.32 Å². The Morgan fingerprint density at radius 3 is 2.86 bits per heavy atom. The van der Waals surface area contributed by atoms with E-state index in [0.717, 1.165) is 16.7 Å². The third kappa shape index (κ3) is 3.75. The minimum atomic E-state index is -1.35. The maximum atomic E-state index is 12.2. The van der Waals surface area contributed by atoms with E-state index >= 15 is 0 Å². The zero-order chi connectivity index (χ0) is 16.1. The molecule has 0 atom stereocenters. The summed E-state index contributed by atoms with van der Waals surface area (Å²) in [6.07, 6.45) is 3.25. The monoisotopic (exact) mass is 334 g/mol. The Kier molecular flexibility index (Phi) is 5.35. The molecule has 22 heavy (non-hydrogen) atoms. The van der Waals surface area contributed by atoms with Crippen molar-refractivity contribution in [2.45, 2.75) is 0 Å². The summed E-state index contributed by atoms with van der Waals surface area (Å²) in [5.41, 5.74) is 0.707. The molecule has 0 aromatic heterocycles. The lowest BCUT2D eigenvalue weighted by Crippen LogP contribution is -2.40. The summed E-state index contributed by atoms with van der Waals surface area (Å²) in [6, 6.07) is 7.20. The predicted octanol–water partition coefficient (Wildman–Crippen LogP) is 1.20. The average molecular weight is 334 g/mol. The fourth-order valence-electron chi connectivity index (χ4n) is 1.79. The number of nitrogens with zero attached hydrogens (tertiary/aromatic N) is 1. The molecule has 114 valence electrons. The number of carboxylic acids is 1. The van der Waals surface area contributed by atoms with Gasteiger partial charge in [0.15, 0.2) is 0 Å². The summed E-state index contributed by atoms with van der Waals surface area (Å²) in [6.45, 7) is 3.38. The molecular formula is C15H12NO4S2-. The van der Waals surface area contributed by atoms with Gasteiger partial charge in [0.1, 0.15) is 16.7 Å². The largest absolute Gasteiger partial charge is 0.548 e. The van der Waals surface area contributed by atoms with Crippen LogP contribution < -0.4 is 9.84 Å². The molecule has 0 saturated carbocycles. The first-order chi connectivity index (χ1) is 10.5. The summed E-state index contributed by atoms with van der Waals surface area (Å²) in [4.78, 5) is 24.2. The molecule has 0 radical (unpaired) electrons. The van der Waals surface area contributed by atoms with Gasteiger partial charge in [-0.05, 0) is 12.1 Å². The van der Waals surface area contributed by atoms with E-state index in [1.54, 1.807) is 24.3 Å². The van der Waals surface area contributed by atoms with Crippen LogP contribution in [-0.2, 0) is 9.59 Å². The first-order valence-electron chi connectivity index (χ1n) is 6.31. The van der Waals surface area contributed by atoms with Gasteiger partial charge in [-0.3, -0.25) is 9.69 Å². The summed E-state index contributed by atoms with van der Waals surface area (Å²) >= 11 is 6.08. The van der Waals surface area contributed by atoms with Crippen molar-refractivity contribution in [1.82, 2.24) is 4.90 Å². The molecule has 2 rings (SSSR count). The van der Waals surface area contributed by atoms with Crippen LogP contribution in [0.1, 0.15) is 5.56 Å². The standard InChI is InChI=1S/C15H13NO4S2/c1-2-7-20-11-6-4-3-5-10(11)8-12-14(19)16(9-13(17)18)15(21)22-12/h2-6,8H,1,7,9H2,(H,17,18)/p-1/b12-8+. The Labute approximate surface area is 137 Å². The van der Waals surface area contributed by atoms with E-state index in [1.165, 1.54) is 0 Å². The number of aliphatic carboxylic acids is 1. The van der Waals surface area contributed by atoms with Gasteiger partial charge in [-0.15, -0.1) is 0 Å². The number of carbonyl (C=O) groups excluding carboxylic acids is 2. The van der Waals surface area contributed by atoms with Crippen molar-refractivity contribution in [2.24, 2.45) is 0 Å². The molecule has 1 aromatic rings. The second kappa shape index (κ2) is 7.24. The van der Waals surface area contributed by atoms with Crippen molar-refractivity contribution >= 4 is 46.3 Å².